The summed E-state index contributed by atoms with van der Waals surface area (Å²) >= 11 is 1.59. The Morgan fingerprint density at radius 2 is 1.54 bits per heavy atom. The van der Waals surface area contributed by atoms with E-state index in [9.17, 15) is 0 Å². The van der Waals surface area contributed by atoms with Crippen molar-refractivity contribution < 1.29 is 4.52 Å². The highest BCUT2D eigenvalue weighted by molar-refractivity contribution is 7.14. The Labute approximate surface area is 142 Å². The normalized spacial score (nSPS) is 10.9. The van der Waals surface area contributed by atoms with Gasteiger partial charge in [-0.15, -0.1) is 10.2 Å². The van der Waals surface area contributed by atoms with Crippen LogP contribution in [0.4, 0.5) is 5.88 Å². The van der Waals surface area contributed by atoms with Crippen molar-refractivity contribution in [1.29, 1.82) is 0 Å². The van der Waals surface area contributed by atoms with Gasteiger partial charge in [0, 0.05) is 17.2 Å². The summed E-state index contributed by atoms with van der Waals surface area (Å²) < 4.78 is 4.96. The number of aromatic nitrogens is 3. The van der Waals surface area contributed by atoms with Crippen LogP contribution >= 0.6 is 11.3 Å². The molecule has 24 heavy (non-hydrogen) atoms. The first-order chi connectivity index (χ1) is 11.7. The smallest absolute Gasteiger partial charge is 0.222 e. The highest BCUT2D eigenvalue weighted by Crippen LogP contribution is 2.30. The summed E-state index contributed by atoms with van der Waals surface area (Å²) in [6, 6.07) is 18.1. The Morgan fingerprint density at radius 1 is 0.875 bits per heavy atom. The van der Waals surface area contributed by atoms with E-state index in [1.54, 1.807) is 17.4 Å². The maximum Gasteiger partial charge on any atom is 0.222 e. The molecular weight excluding hydrogens is 320 g/mol. The summed E-state index contributed by atoms with van der Waals surface area (Å²) in [5, 5.41) is 14.2. The lowest BCUT2D eigenvalue weighted by Crippen LogP contribution is -1.83. The molecule has 2 aromatic carbocycles. The predicted molar refractivity (Wildman–Crippen MR) is 95.4 cm³/mol. The van der Waals surface area contributed by atoms with Gasteiger partial charge in [-0.25, -0.2) is 0 Å². The molecule has 0 spiro atoms. The van der Waals surface area contributed by atoms with Gasteiger partial charge in [0.25, 0.3) is 0 Å². The van der Waals surface area contributed by atoms with Crippen LogP contribution in [0.5, 0.6) is 0 Å². The topological polar surface area (TPSA) is 77.8 Å². The van der Waals surface area contributed by atoms with Gasteiger partial charge < -0.3 is 10.3 Å². The molecule has 4 rings (SSSR count). The molecule has 0 unspecified atom stereocenters. The zero-order valence-corrected chi connectivity index (χ0v) is 13.7. The van der Waals surface area contributed by atoms with Gasteiger partial charge in [-0.05, 0) is 30.2 Å². The first kappa shape index (κ1) is 14.6. The number of rotatable bonds is 3. The fourth-order valence-corrected chi connectivity index (χ4v) is 3.22. The largest absolute Gasteiger partial charge is 0.368 e. The molecule has 2 N–H and O–H groups in total. The van der Waals surface area contributed by atoms with Gasteiger partial charge >= 0.3 is 0 Å². The minimum Gasteiger partial charge on any atom is -0.368 e. The predicted octanol–water partition coefficient (Wildman–Crippen LogP) is 4.42. The number of hydrogen-bond acceptors (Lipinski definition) is 6. The number of nitrogens with two attached hydrogens (primary N) is 1. The van der Waals surface area contributed by atoms with Gasteiger partial charge in [0.2, 0.25) is 5.88 Å². The van der Waals surface area contributed by atoms with E-state index in [4.69, 9.17) is 10.3 Å². The van der Waals surface area contributed by atoms with Gasteiger partial charge in [0.1, 0.15) is 15.7 Å². The summed E-state index contributed by atoms with van der Waals surface area (Å²) in [6.07, 6.45) is 0. The first-order valence-electron chi connectivity index (χ1n) is 7.42. The Morgan fingerprint density at radius 3 is 2.17 bits per heavy atom. The number of anilines is 1. The maximum atomic E-state index is 5.61. The third-order valence-electron chi connectivity index (χ3n) is 3.66. The van der Waals surface area contributed by atoms with E-state index in [-0.39, 0.29) is 0 Å². The molecule has 0 saturated carbocycles. The molecule has 0 amide bonds. The van der Waals surface area contributed by atoms with Crippen LogP contribution in [-0.4, -0.2) is 15.4 Å². The van der Waals surface area contributed by atoms with Crippen molar-refractivity contribution >= 4 is 17.2 Å². The summed E-state index contributed by atoms with van der Waals surface area (Å²) in [7, 11) is 0. The van der Waals surface area contributed by atoms with E-state index >= 15 is 0 Å². The van der Waals surface area contributed by atoms with E-state index in [2.05, 4.69) is 39.6 Å². The molecule has 0 aliphatic heterocycles. The average Bonchev–Trinajstić information content (AvgIpc) is 3.24. The minimum atomic E-state index is 0.309. The van der Waals surface area contributed by atoms with Crippen molar-refractivity contribution in [3.63, 3.8) is 0 Å². The van der Waals surface area contributed by atoms with Crippen LogP contribution in [0.15, 0.2) is 59.1 Å². The van der Waals surface area contributed by atoms with Crippen LogP contribution in [0.3, 0.4) is 0 Å². The fraction of sp³-hybridized carbons (Fsp3) is 0.0556. The highest BCUT2D eigenvalue weighted by Gasteiger charge is 2.08. The molecule has 0 bridgehead atoms. The van der Waals surface area contributed by atoms with E-state index < -0.39 is 0 Å². The van der Waals surface area contributed by atoms with Crippen molar-refractivity contribution in [3.8, 4) is 33.0 Å². The number of hydrogen-bond donors (Lipinski definition) is 1. The third kappa shape index (κ3) is 2.79. The Bertz CT molecular complexity index is 924. The molecule has 0 fully saturated rings. The van der Waals surface area contributed by atoms with Crippen LogP contribution in [0.1, 0.15) is 5.01 Å². The second-order valence-corrected chi connectivity index (χ2v) is 6.58. The van der Waals surface area contributed by atoms with Crippen LogP contribution in [0.2, 0.25) is 0 Å². The Hall–Kier alpha value is -2.99. The van der Waals surface area contributed by atoms with Crippen molar-refractivity contribution in [2.24, 2.45) is 0 Å². The molecule has 2 aromatic heterocycles. The molecule has 118 valence electrons. The SMILES string of the molecule is Cc1nnc(-c2cccc(-c3cccc(-c4cc(N)on4)c3)c2)s1. The quantitative estimate of drug-likeness (QED) is 0.600. The average molecular weight is 334 g/mol. The molecule has 0 aliphatic carbocycles. The van der Waals surface area contributed by atoms with Gasteiger partial charge in [0.15, 0.2) is 0 Å². The third-order valence-corrected chi connectivity index (χ3v) is 4.54. The van der Waals surface area contributed by atoms with Crippen LogP contribution < -0.4 is 5.73 Å². The number of nitrogen functional groups attached to an aromatic ring is 1. The van der Waals surface area contributed by atoms with E-state index in [0.717, 1.165) is 38.0 Å². The zero-order chi connectivity index (χ0) is 16.5. The van der Waals surface area contributed by atoms with Crippen molar-refractivity contribution in [2.45, 2.75) is 6.92 Å². The van der Waals surface area contributed by atoms with Gasteiger partial charge in [0.05, 0.1) is 0 Å². The second kappa shape index (κ2) is 5.90. The zero-order valence-electron chi connectivity index (χ0n) is 12.9. The first-order valence-corrected chi connectivity index (χ1v) is 8.24. The Kier molecular flexibility index (Phi) is 3.59. The number of nitrogens with zero attached hydrogens (tertiary/aromatic N) is 3. The Balaban J connectivity index is 1.74. The maximum absolute atomic E-state index is 5.61. The van der Waals surface area contributed by atoms with E-state index in [1.807, 2.05) is 31.2 Å². The molecule has 6 heteroatoms. The van der Waals surface area contributed by atoms with Gasteiger partial charge in [-0.1, -0.05) is 52.9 Å². The number of aryl methyl sites for hydroxylation is 1. The van der Waals surface area contributed by atoms with Crippen LogP contribution in [-0.2, 0) is 0 Å². The molecule has 5 nitrogen and oxygen atoms in total. The molecule has 4 aromatic rings. The lowest BCUT2D eigenvalue weighted by molar-refractivity contribution is 0.439. The lowest BCUT2D eigenvalue weighted by Gasteiger charge is -2.05. The van der Waals surface area contributed by atoms with Crippen molar-refractivity contribution in [1.82, 2.24) is 15.4 Å². The van der Waals surface area contributed by atoms with E-state index in [1.165, 1.54) is 0 Å². The molecule has 0 saturated heterocycles. The lowest BCUT2D eigenvalue weighted by atomic mass is 10.0. The molecule has 0 aliphatic rings. The molecule has 2 heterocycles. The second-order valence-electron chi connectivity index (χ2n) is 5.40. The number of benzene rings is 2. The van der Waals surface area contributed by atoms with Crippen LogP contribution in [0.25, 0.3) is 33.0 Å². The summed E-state index contributed by atoms with van der Waals surface area (Å²) in [4.78, 5) is 0. The highest BCUT2D eigenvalue weighted by atomic mass is 32.1. The van der Waals surface area contributed by atoms with Crippen LogP contribution in [0, 0.1) is 6.92 Å². The van der Waals surface area contributed by atoms with Gasteiger partial charge in [-0.3, -0.25) is 0 Å². The molecule has 0 atom stereocenters. The monoisotopic (exact) mass is 334 g/mol. The summed E-state index contributed by atoms with van der Waals surface area (Å²) in [5.41, 5.74) is 10.6. The standard InChI is InChI=1S/C18H14N4OS/c1-11-20-21-18(24-11)15-7-3-5-13(9-15)12-4-2-6-14(8-12)16-10-17(19)23-22-16/h2-10H,19H2,1H3. The fourth-order valence-electron chi connectivity index (χ4n) is 2.53. The van der Waals surface area contributed by atoms with Crippen molar-refractivity contribution in [2.75, 3.05) is 5.73 Å². The summed E-state index contributed by atoms with van der Waals surface area (Å²) in [6.45, 7) is 1.96. The summed E-state index contributed by atoms with van der Waals surface area (Å²) in [5.74, 6) is 0.309. The molecular formula is C18H14N4OS. The molecule has 0 radical (unpaired) electrons. The van der Waals surface area contributed by atoms with Gasteiger partial charge in [-0.2, -0.15) is 0 Å². The van der Waals surface area contributed by atoms with E-state index in [0.29, 0.717) is 5.88 Å². The van der Waals surface area contributed by atoms with Crippen molar-refractivity contribution in [3.05, 3.63) is 59.6 Å². The minimum absolute atomic E-state index is 0.309.